The third-order valence-corrected chi connectivity index (χ3v) is 2.85. The van der Waals surface area contributed by atoms with Gasteiger partial charge in [0.2, 0.25) is 0 Å². The fraction of sp³-hybridized carbons (Fsp3) is 0.188. The number of ether oxygens (including phenoxy) is 1. The van der Waals surface area contributed by atoms with E-state index in [9.17, 15) is 9.18 Å². The molecule has 0 saturated carbocycles. The molecular weight excluding hydrogens is 271 g/mol. The van der Waals surface area contributed by atoms with E-state index in [1.165, 1.54) is 18.2 Å². The van der Waals surface area contributed by atoms with Gasteiger partial charge in [-0.1, -0.05) is 18.2 Å². The minimum Gasteiger partial charge on any atom is -0.494 e. The van der Waals surface area contributed by atoms with Gasteiger partial charge >= 0.3 is 0 Å². The molecule has 0 unspecified atom stereocenters. The van der Waals surface area contributed by atoms with E-state index in [1.807, 2.05) is 30.3 Å². The lowest BCUT2D eigenvalue weighted by atomic mass is 10.1. The monoisotopic (exact) mass is 288 g/mol. The standard InChI is InChI=1S/C16H17FN2O2/c17-15-8-7-12(18)11-14(15)16(20)19-9-4-10-21-13-5-2-1-3-6-13/h1-3,5-8,11H,4,9-10,18H2,(H,19,20). The number of nitrogens with one attached hydrogen (secondary N) is 1. The summed E-state index contributed by atoms with van der Waals surface area (Å²) in [6.07, 6.45) is 0.630. The zero-order valence-corrected chi connectivity index (χ0v) is 11.5. The average Bonchev–Trinajstić information content (AvgIpc) is 2.50. The van der Waals surface area contributed by atoms with Crippen LogP contribution in [0.3, 0.4) is 0 Å². The van der Waals surface area contributed by atoms with E-state index in [2.05, 4.69) is 5.32 Å². The van der Waals surface area contributed by atoms with Crippen molar-refractivity contribution in [2.24, 2.45) is 0 Å². The van der Waals surface area contributed by atoms with E-state index in [-0.39, 0.29) is 5.56 Å². The molecule has 1 amide bonds. The summed E-state index contributed by atoms with van der Waals surface area (Å²) in [5.41, 5.74) is 5.85. The molecule has 4 nitrogen and oxygen atoms in total. The van der Waals surface area contributed by atoms with Gasteiger partial charge in [-0.05, 0) is 36.8 Å². The van der Waals surface area contributed by atoms with Crippen molar-refractivity contribution >= 4 is 11.6 Å². The normalized spacial score (nSPS) is 10.1. The zero-order valence-electron chi connectivity index (χ0n) is 11.5. The summed E-state index contributed by atoms with van der Waals surface area (Å²) in [6, 6.07) is 13.3. The number of hydrogen-bond acceptors (Lipinski definition) is 3. The molecule has 0 spiro atoms. The molecule has 2 aromatic carbocycles. The van der Waals surface area contributed by atoms with Crippen LogP contribution in [0.5, 0.6) is 5.75 Å². The van der Waals surface area contributed by atoms with Gasteiger partial charge in [-0.3, -0.25) is 4.79 Å². The SMILES string of the molecule is Nc1ccc(F)c(C(=O)NCCCOc2ccccc2)c1. The van der Waals surface area contributed by atoms with Crippen LogP contribution >= 0.6 is 0 Å². The molecule has 0 bridgehead atoms. The van der Waals surface area contributed by atoms with E-state index < -0.39 is 11.7 Å². The molecule has 3 N–H and O–H groups in total. The number of carbonyl (C=O) groups excluding carboxylic acids is 1. The lowest BCUT2D eigenvalue weighted by molar-refractivity contribution is 0.0947. The van der Waals surface area contributed by atoms with Gasteiger partial charge in [-0.25, -0.2) is 4.39 Å². The third-order valence-electron chi connectivity index (χ3n) is 2.85. The van der Waals surface area contributed by atoms with Gasteiger partial charge in [0, 0.05) is 12.2 Å². The van der Waals surface area contributed by atoms with Crippen molar-refractivity contribution in [1.29, 1.82) is 0 Å². The van der Waals surface area contributed by atoms with Crippen LogP contribution in [0.2, 0.25) is 0 Å². The Bertz CT molecular complexity index is 602. The van der Waals surface area contributed by atoms with Gasteiger partial charge in [0.05, 0.1) is 12.2 Å². The van der Waals surface area contributed by atoms with Gasteiger partial charge in [-0.15, -0.1) is 0 Å². The Morgan fingerprint density at radius 1 is 1.19 bits per heavy atom. The maximum atomic E-state index is 13.5. The molecule has 0 aromatic heterocycles. The maximum Gasteiger partial charge on any atom is 0.254 e. The number of nitrogen functional groups attached to an aromatic ring is 1. The summed E-state index contributed by atoms with van der Waals surface area (Å²) in [4.78, 5) is 11.8. The molecule has 110 valence electrons. The molecule has 0 aliphatic heterocycles. The van der Waals surface area contributed by atoms with Crippen molar-refractivity contribution in [3.8, 4) is 5.75 Å². The molecule has 0 radical (unpaired) electrons. The van der Waals surface area contributed by atoms with Gasteiger partial charge in [-0.2, -0.15) is 0 Å². The smallest absolute Gasteiger partial charge is 0.254 e. The van der Waals surface area contributed by atoms with Gasteiger partial charge in [0.1, 0.15) is 11.6 Å². The quantitative estimate of drug-likeness (QED) is 0.634. The first-order valence-electron chi connectivity index (χ1n) is 6.68. The molecule has 0 aliphatic rings. The number of rotatable bonds is 6. The van der Waals surface area contributed by atoms with E-state index in [1.54, 1.807) is 0 Å². The Hall–Kier alpha value is -2.56. The van der Waals surface area contributed by atoms with Gasteiger partial charge in [0.25, 0.3) is 5.91 Å². The summed E-state index contributed by atoms with van der Waals surface area (Å²) in [7, 11) is 0. The third kappa shape index (κ3) is 4.49. The second kappa shape index (κ2) is 7.28. The molecule has 0 heterocycles. The fourth-order valence-electron chi connectivity index (χ4n) is 1.79. The van der Waals surface area contributed by atoms with E-state index in [4.69, 9.17) is 10.5 Å². The molecule has 0 saturated heterocycles. The van der Waals surface area contributed by atoms with Gasteiger partial charge < -0.3 is 15.8 Å². The second-order valence-electron chi connectivity index (χ2n) is 4.51. The highest BCUT2D eigenvalue weighted by Gasteiger charge is 2.11. The van der Waals surface area contributed by atoms with Crippen molar-refractivity contribution in [2.45, 2.75) is 6.42 Å². The van der Waals surface area contributed by atoms with Crippen LogP contribution in [0.1, 0.15) is 16.8 Å². The van der Waals surface area contributed by atoms with Crippen LogP contribution in [-0.4, -0.2) is 19.1 Å². The topological polar surface area (TPSA) is 64.4 Å². The Labute approximate surface area is 122 Å². The Morgan fingerprint density at radius 3 is 2.71 bits per heavy atom. The number of nitrogens with two attached hydrogens (primary N) is 1. The molecule has 2 aromatic rings. The van der Waals surface area contributed by atoms with Crippen molar-refractivity contribution < 1.29 is 13.9 Å². The summed E-state index contributed by atoms with van der Waals surface area (Å²) >= 11 is 0. The molecule has 0 aliphatic carbocycles. The second-order valence-corrected chi connectivity index (χ2v) is 4.51. The molecule has 5 heteroatoms. The van der Waals surface area contributed by atoms with Crippen LogP contribution in [0, 0.1) is 5.82 Å². The first-order valence-corrected chi connectivity index (χ1v) is 6.68. The molecule has 2 rings (SSSR count). The average molecular weight is 288 g/mol. The predicted molar refractivity (Wildman–Crippen MR) is 79.7 cm³/mol. The summed E-state index contributed by atoms with van der Waals surface area (Å²) < 4.78 is 19.0. The van der Waals surface area contributed by atoms with E-state index in [0.29, 0.717) is 25.3 Å². The molecule has 0 atom stereocenters. The number of carbonyl (C=O) groups is 1. The number of para-hydroxylation sites is 1. The van der Waals surface area contributed by atoms with E-state index >= 15 is 0 Å². The number of halogens is 1. The van der Waals surface area contributed by atoms with Crippen molar-refractivity contribution in [3.05, 3.63) is 59.9 Å². The van der Waals surface area contributed by atoms with Crippen LogP contribution < -0.4 is 15.8 Å². The highest BCUT2D eigenvalue weighted by atomic mass is 19.1. The molecule has 21 heavy (non-hydrogen) atoms. The first kappa shape index (κ1) is 14.8. The predicted octanol–water partition coefficient (Wildman–Crippen LogP) is 2.61. The summed E-state index contributed by atoms with van der Waals surface area (Å²) in [5, 5.41) is 2.64. The van der Waals surface area contributed by atoms with Crippen molar-refractivity contribution in [2.75, 3.05) is 18.9 Å². The zero-order chi connectivity index (χ0) is 15.1. The lowest BCUT2D eigenvalue weighted by Gasteiger charge is -2.08. The van der Waals surface area contributed by atoms with Crippen molar-refractivity contribution in [1.82, 2.24) is 5.32 Å². The Morgan fingerprint density at radius 2 is 1.95 bits per heavy atom. The summed E-state index contributed by atoms with van der Waals surface area (Å²) in [6.45, 7) is 0.879. The Balaban J connectivity index is 1.73. The molecular formula is C16H17FN2O2. The highest BCUT2D eigenvalue weighted by molar-refractivity contribution is 5.95. The summed E-state index contributed by atoms with van der Waals surface area (Å²) in [5.74, 6) is -0.271. The van der Waals surface area contributed by atoms with Crippen molar-refractivity contribution in [3.63, 3.8) is 0 Å². The van der Waals surface area contributed by atoms with E-state index in [0.717, 1.165) is 5.75 Å². The van der Waals surface area contributed by atoms with Gasteiger partial charge in [0.15, 0.2) is 0 Å². The van der Waals surface area contributed by atoms with Crippen LogP contribution in [-0.2, 0) is 0 Å². The fourth-order valence-corrected chi connectivity index (χ4v) is 1.79. The minimum absolute atomic E-state index is 0.0426. The van der Waals surface area contributed by atoms with Crippen LogP contribution in [0.15, 0.2) is 48.5 Å². The number of benzene rings is 2. The van der Waals surface area contributed by atoms with Crippen LogP contribution in [0.25, 0.3) is 0 Å². The Kier molecular flexibility index (Phi) is 5.15. The highest BCUT2D eigenvalue weighted by Crippen LogP contribution is 2.12. The lowest BCUT2D eigenvalue weighted by Crippen LogP contribution is -2.26. The first-order chi connectivity index (χ1) is 10.2. The largest absolute Gasteiger partial charge is 0.494 e. The maximum absolute atomic E-state index is 13.5. The number of anilines is 1. The minimum atomic E-state index is -0.581. The number of amides is 1. The molecule has 0 fully saturated rings. The number of hydrogen-bond donors (Lipinski definition) is 2. The van der Waals surface area contributed by atoms with Crippen LogP contribution in [0.4, 0.5) is 10.1 Å².